The zero-order valence-corrected chi connectivity index (χ0v) is 12.0. The van der Waals surface area contributed by atoms with Gasteiger partial charge in [-0.25, -0.2) is 0 Å². The molecule has 1 aliphatic carbocycles. The van der Waals surface area contributed by atoms with Crippen LogP contribution >= 0.6 is 11.6 Å². The molecule has 1 unspecified atom stereocenters. The Morgan fingerprint density at radius 3 is 2.74 bits per heavy atom. The summed E-state index contributed by atoms with van der Waals surface area (Å²) in [6, 6.07) is 7.68. The molecule has 1 amide bonds. The van der Waals surface area contributed by atoms with E-state index in [1.165, 1.54) is 25.7 Å². The van der Waals surface area contributed by atoms with E-state index in [1.807, 2.05) is 12.1 Å². The number of hydrogen-bond donors (Lipinski definition) is 2. The number of carbonyl (C=O) groups is 1. The quantitative estimate of drug-likeness (QED) is 0.867. The minimum atomic E-state index is -0.0436. The molecule has 0 spiro atoms. The lowest BCUT2D eigenvalue weighted by Gasteiger charge is -2.20. The number of amides is 1. The van der Waals surface area contributed by atoms with Gasteiger partial charge in [-0.3, -0.25) is 4.79 Å². The van der Waals surface area contributed by atoms with Crippen molar-refractivity contribution in [3.8, 4) is 0 Å². The molecular weight excluding hydrogens is 260 g/mol. The molecule has 2 rings (SSSR count). The Bertz CT molecular complexity index is 430. The molecule has 0 saturated heterocycles. The Kier molecular flexibility index (Phi) is 5.23. The first kappa shape index (κ1) is 14.4. The molecule has 3 nitrogen and oxygen atoms in total. The van der Waals surface area contributed by atoms with Crippen molar-refractivity contribution in [2.24, 2.45) is 5.92 Å². The van der Waals surface area contributed by atoms with E-state index in [9.17, 15) is 4.79 Å². The van der Waals surface area contributed by atoms with E-state index in [-0.39, 0.29) is 5.91 Å². The van der Waals surface area contributed by atoms with Crippen molar-refractivity contribution < 1.29 is 4.79 Å². The topological polar surface area (TPSA) is 41.1 Å². The van der Waals surface area contributed by atoms with Crippen LogP contribution in [0.5, 0.6) is 0 Å². The summed E-state index contributed by atoms with van der Waals surface area (Å²) in [7, 11) is 0. The SMILES string of the molecule is CC(NCC(=O)Nc1ccccc1Cl)C1CCCC1. The molecule has 1 atom stereocenters. The molecular formula is C15H21ClN2O. The van der Waals surface area contributed by atoms with Crippen LogP contribution in [0, 0.1) is 5.92 Å². The Morgan fingerprint density at radius 1 is 1.37 bits per heavy atom. The first-order valence-electron chi connectivity index (χ1n) is 6.94. The zero-order chi connectivity index (χ0) is 13.7. The minimum absolute atomic E-state index is 0.0436. The maximum Gasteiger partial charge on any atom is 0.238 e. The number of rotatable bonds is 5. The summed E-state index contributed by atoms with van der Waals surface area (Å²) >= 11 is 6.00. The Hall–Kier alpha value is -1.06. The molecule has 104 valence electrons. The zero-order valence-electron chi connectivity index (χ0n) is 11.3. The first-order chi connectivity index (χ1) is 9.16. The molecule has 4 heteroatoms. The molecule has 0 heterocycles. The molecule has 2 N–H and O–H groups in total. The second kappa shape index (κ2) is 6.92. The predicted octanol–water partition coefficient (Wildman–Crippen LogP) is 3.45. The maximum atomic E-state index is 11.9. The molecule has 0 aliphatic heterocycles. The molecule has 0 aromatic heterocycles. The summed E-state index contributed by atoms with van der Waals surface area (Å²) in [5.41, 5.74) is 0.671. The highest BCUT2D eigenvalue weighted by molar-refractivity contribution is 6.33. The van der Waals surface area contributed by atoms with Crippen LogP contribution in [0.3, 0.4) is 0 Å². The third kappa shape index (κ3) is 4.22. The van der Waals surface area contributed by atoms with Crippen molar-refractivity contribution >= 4 is 23.2 Å². The number of carbonyl (C=O) groups excluding carboxylic acids is 1. The normalized spacial score (nSPS) is 17.4. The van der Waals surface area contributed by atoms with Crippen LogP contribution in [0.1, 0.15) is 32.6 Å². The number of nitrogens with one attached hydrogen (secondary N) is 2. The average molecular weight is 281 g/mol. The van der Waals surface area contributed by atoms with Gasteiger partial charge in [0.1, 0.15) is 0 Å². The van der Waals surface area contributed by atoms with Crippen molar-refractivity contribution in [1.29, 1.82) is 0 Å². The van der Waals surface area contributed by atoms with Crippen LogP contribution in [-0.4, -0.2) is 18.5 Å². The molecule has 1 fully saturated rings. The van der Waals surface area contributed by atoms with Crippen LogP contribution in [0.15, 0.2) is 24.3 Å². The van der Waals surface area contributed by atoms with E-state index in [0.29, 0.717) is 29.2 Å². The Morgan fingerprint density at radius 2 is 2.05 bits per heavy atom. The van der Waals surface area contributed by atoms with E-state index in [4.69, 9.17) is 11.6 Å². The van der Waals surface area contributed by atoms with Gasteiger partial charge in [0.05, 0.1) is 17.3 Å². The predicted molar refractivity (Wildman–Crippen MR) is 79.5 cm³/mol. The van der Waals surface area contributed by atoms with Gasteiger partial charge in [0.2, 0.25) is 5.91 Å². The van der Waals surface area contributed by atoms with Crippen molar-refractivity contribution in [1.82, 2.24) is 5.32 Å². The minimum Gasteiger partial charge on any atom is -0.324 e. The third-order valence-corrected chi connectivity index (χ3v) is 4.17. The largest absolute Gasteiger partial charge is 0.324 e. The highest BCUT2D eigenvalue weighted by Crippen LogP contribution is 2.27. The fourth-order valence-corrected chi connectivity index (χ4v) is 2.82. The summed E-state index contributed by atoms with van der Waals surface area (Å²) in [6.07, 6.45) is 5.20. The summed E-state index contributed by atoms with van der Waals surface area (Å²) in [5, 5.41) is 6.70. The monoisotopic (exact) mass is 280 g/mol. The Labute approximate surface area is 119 Å². The third-order valence-electron chi connectivity index (χ3n) is 3.84. The van der Waals surface area contributed by atoms with Gasteiger partial charge in [0.25, 0.3) is 0 Å². The molecule has 1 aliphatic rings. The van der Waals surface area contributed by atoms with Gasteiger partial charge >= 0.3 is 0 Å². The molecule has 0 bridgehead atoms. The summed E-state index contributed by atoms with van der Waals surface area (Å²) in [6.45, 7) is 2.50. The highest BCUT2D eigenvalue weighted by atomic mass is 35.5. The van der Waals surface area contributed by atoms with Gasteiger partial charge in [0.15, 0.2) is 0 Å². The Balaban J connectivity index is 1.77. The molecule has 1 aromatic carbocycles. The van der Waals surface area contributed by atoms with Gasteiger partial charge in [-0.2, -0.15) is 0 Å². The number of anilines is 1. The number of para-hydroxylation sites is 1. The summed E-state index contributed by atoms with van der Waals surface area (Å²) in [4.78, 5) is 11.9. The van der Waals surface area contributed by atoms with Crippen LogP contribution < -0.4 is 10.6 Å². The fourth-order valence-electron chi connectivity index (χ4n) is 2.63. The van der Waals surface area contributed by atoms with Crippen molar-refractivity contribution in [2.45, 2.75) is 38.6 Å². The van der Waals surface area contributed by atoms with E-state index in [0.717, 1.165) is 0 Å². The van der Waals surface area contributed by atoms with Gasteiger partial charge in [-0.1, -0.05) is 36.6 Å². The standard InChI is InChI=1S/C15H21ClN2O/c1-11(12-6-2-3-7-12)17-10-15(19)18-14-9-5-4-8-13(14)16/h4-5,8-9,11-12,17H,2-3,6-7,10H2,1H3,(H,18,19). The second-order valence-electron chi connectivity index (χ2n) is 5.24. The molecule has 1 aromatic rings. The van der Waals surface area contributed by atoms with Crippen molar-refractivity contribution in [3.63, 3.8) is 0 Å². The number of hydrogen-bond acceptors (Lipinski definition) is 2. The van der Waals surface area contributed by atoms with Gasteiger partial charge < -0.3 is 10.6 Å². The second-order valence-corrected chi connectivity index (χ2v) is 5.65. The highest BCUT2D eigenvalue weighted by Gasteiger charge is 2.21. The number of benzene rings is 1. The van der Waals surface area contributed by atoms with Crippen LogP contribution in [0.25, 0.3) is 0 Å². The first-order valence-corrected chi connectivity index (χ1v) is 7.32. The van der Waals surface area contributed by atoms with E-state index in [1.54, 1.807) is 12.1 Å². The van der Waals surface area contributed by atoms with Crippen LogP contribution in [-0.2, 0) is 4.79 Å². The molecule has 19 heavy (non-hydrogen) atoms. The lowest BCUT2D eigenvalue weighted by molar-refractivity contribution is -0.115. The van der Waals surface area contributed by atoms with Gasteiger partial charge in [0, 0.05) is 6.04 Å². The molecule has 1 saturated carbocycles. The average Bonchev–Trinajstić information content (AvgIpc) is 2.93. The summed E-state index contributed by atoms with van der Waals surface area (Å²) < 4.78 is 0. The van der Waals surface area contributed by atoms with E-state index in [2.05, 4.69) is 17.6 Å². The maximum absolute atomic E-state index is 11.9. The smallest absolute Gasteiger partial charge is 0.238 e. The lowest BCUT2D eigenvalue weighted by Crippen LogP contribution is -2.38. The van der Waals surface area contributed by atoms with Gasteiger partial charge in [-0.05, 0) is 37.8 Å². The van der Waals surface area contributed by atoms with Crippen LogP contribution in [0.2, 0.25) is 5.02 Å². The fraction of sp³-hybridized carbons (Fsp3) is 0.533. The lowest BCUT2D eigenvalue weighted by atomic mass is 10.00. The van der Waals surface area contributed by atoms with E-state index >= 15 is 0 Å². The van der Waals surface area contributed by atoms with Crippen molar-refractivity contribution in [2.75, 3.05) is 11.9 Å². The van der Waals surface area contributed by atoms with Gasteiger partial charge in [-0.15, -0.1) is 0 Å². The van der Waals surface area contributed by atoms with Crippen molar-refractivity contribution in [3.05, 3.63) is 29.3 Å². The number of halogens is 1. The molecule has 0 radical (unpaired) electrons. The van der Waals surface area contributed by atoms with E-state index < -0.39 is 0 Å². The summed E-state index contributed by atoms with van der Waals surface area (Å²) in [5.74, 6) is 0.672. The van der Waals surface area contributed by atoms with Crippen LogP contribution in [0.4, 0.5) is 5.69 Å².